The number of rotatable bonds is 6. The molecule has 4 aromatic rings. The highest BCUT2D eigenvalue weighted by Crippen LogP contribution is 2.41. The van der Waals surface area contributed by atoms with E-state index < -0.39 is 70.0 Å². The number of nitrogens with two attached hydrogens (primary N) is 1. The number of fused-ring (bicyclic) bond motifs is 1. The fraction of sp³-hybridized carbons (Fsp3) is 0.276. The zero-order valence-electron chi connectivity index (χ0n) is 22.4. The van der Waals surface area contributed by atoms with Crippen molar-refractivity contribution in [2.45, 2.75) is 50.5 Å². The van der Waals surface area contributed by atoms with Crippen LogP contribution < -0.4 is 5.73 Å². The van der Waals surface area contributed by atoms with Crippen LogP contribution in [0.2, 0.25) is 0 Å². The summed E-state index contributed by atoms with van der Waals surface area (Å²) >= 11 is 0. The highest BCUT2D eigenvalue weighted by molar-refractivity contribution is 6.02. The van der Waals surface area contributed by atoms with Crippen LogP contribution >= 0.6 is 0 Å². The highest BCUT2D eigenvalue weighted by Gasteiger charge is 2.45. The second-order valence-electron chi connectivity index (χ2n) is 10.8. The van der Waals surface area contributed by atoms with Crippen LogP contribution in [0.5, 0.6) is 0 Å². The van der Waals surface area contributed by atoms with Gasteiger partial charge < -0.3 is 15.4 Å². The van der Waals surface area contributed by atoms with Gasteiger partial charge in [0.05, 0.1) is 11.1 Å². The van der Waals surface area contributed by atoms with Crippen molar-refractivity contribution in [2.75, 3.05) is 0 Å². The van der Waals surface area contributed by atoms with Crippen LogP contribution in [0.3, 0.4) is 0 Å². The third-order valence-corrected chi connectivity index (χ3v) is 7.01. The lowest BCUT2D eigenvalue weighted by Crippen LogP contribution is -2.49. The summed E-state index contributed by atoms with van der Waals surface area (Å²) in [5, 5.41) is 9.50. The molecule has 0 radical (unpaired) electrons. The first kappa shape index (κ1) is 30.5. The summed E-state index contributed by atoms with van der Waals surface area (Å²) in [6, 6.07) is 10.0. The van der Waals surface area contributed by atoms with Gasteiger partial charge in [-0.3, -0.25) is 4.79 Å². The van der Waals surface area contributed by atoms with Crippen molar-refractivity contribution in [1.82, 2.24) is 9.55 Å². The maximum atomic E-state index is 14.3. The maximum Gasteiger partial charge on any atom is 0.433 e. The molecule has 2 heterocycles. The van der Waals surface area contributed by atoms with Gasteiger partial charge in [0, 0.05) is 18.0 Å². The number of aromatic nitrogens is 2. The molecule has 0 saturated carbocycles. The smallest absolute Gasteiger partial charge is 0.433 e. The number of carbonyl (C=O) groups excluding carboxylic acids is 1. The van der Waals surface area contributed by atoms with E-state index in [2.05, 4.69) is 4.98 Å². The molecular formula is C29H24F7N3O3. The van der Waals surface area contributed by atoms with Crippen molar-refractivity contribution in [3.05, 3.63) is 100 Å². The van der Waals surface area contributed by atoms with Gasteiger partial charge in [0.1, 0.15) is 11.5 Å². The molecule has 13 heteroatoms. The van der Waals surface area contributed by atoms with Gasteiger partial charge in [-0.25, -0.2) is 14.2 Å². The predicted octanol–water partition coefficient (Wildman–Crippen LogP) is 6.68. The number of alkyl halides is 6. The molecule has 0 saturated heterocycles. The number of carboxylic acid groups (broad SMARTS) is 1. The van der Waals surface area contributed by atoms with Crippen molar-refractivity contribution in [1.29, 1.82) is 0 Å². The number of primary amides is 1. The molecule has 1 atom stereocenters. The lowest BCUT2D eigenvalue weighted by Gasteiger charge is -2.35. The zero-order valence-corrected chi connectivity index (χ0v) is 22.4. The fourth-order valence-electron chi connectivity index (χ4n) is 4.87. The average Bonchev–Trinajstić information content (AvgIpc) is 3.30. The molecule has 0 aliphatic heterocycles. The normalized spacial score (nSPS) is 14.1. The van der Waals surface area contributed by atoms with E-state index in [4.69, 9.17) is 5.73 Å². The fourth-order valence-corrected chi connectivity index (χ4v) is 4.87. The quantitative estimate of drug-likeness (QED) is 0.243. The first-order valence-electron chi connectivity index (χ1n) is 12.4. The second-order valence-corrected chi connectivity index (χ2v) is 10.8. The number of aromatic carboxylic acids is 1. The molecule has 0 fully saturated rings. The van der Waals surface area contributed by atoms with Gasteiger partial charge in [-0.1, -0.05) is 51.1 Å². The molecule has 42 heavy (non-hydrogen) atoms. The van der Waals surface area contributed by atoms with Crippen LogP contribution in [0, 0.1) is 5.82 Å². The van der Waals surface area contributed by atoms with Crippen LogP contribution in [0.15, 0.2) is 60.8 Å². The Hall–Kier alpha value is -4.42. The SMILES string of the molecule is CC(C)(C)c1ccc(CC(C(N)=O)(c2ccc(F)c(C(F)(F)F)c2)n2ccc3cc(C(F)(F)F)nc(C(=O)O)c32)cc1. The Labute approximate surface area is 234 Å². The number of carboxylic acids is 1. The van der Waals surface area contributed by atoms with E-state index in [9.17, 15) is 45.4 Å². The summed E-state index contributed by atoms with van der Waals surface area (Å²) in [7, 11) is 0. The number of hydrogen-bond acceptors (Lipinski definition) is 3. The third kappa shape index (κ3) is 5.42. The Morgan fingerprint density at radius 2 is 1.48 bits per heavy atom. The molecule has 2 aromatic carbocycles. The molecule has 222 valence electrons. The van der Waals surface area contributed by atoms with Gasteiger partial charge >= 0.3 is 18.3 Å². The van der Waals surface area contributed by atoms with Crippen LogP contribution in [0.1, 0.15) is 59.2 Å². The minimum Gasteiger partial charge on any atom is -0.476 e. The Morgan fingerprint density at radius 1 is 0.881 bits per heavy atom. The van der Waals surface area contributed by atoms with Gasteiger partial charge in [-0.15, -0.1) is 0 Å². The Balaban J connectivity index is 2.11. The number of benzene rings is 2. The largest absolute Gasteiger partial charge is 0.476 e. The van der Waals surface area contributed by atoms with E-state index in [1.807, 2.05) is 20.8 Å². The molecule has 0 spiro atoms. The molecule has 1 amide bonds. The lowest BCUT2D eigenvalue weighted by atomic mass is 9.80. The third-order valence-electron chi connectivity index (χ3n) is 7.01. The predicted molar refractivity (Wildman–Crippen MR) is 138 cm³/mol. The molecule has 0 aliphatic rings. The molecule has 6 nitrogen and oxygen atoms in total. The van der Waals surface area contributed by atoms with E-state index in [0.29, 0.717) is 23.8 Å². The molecule has 0 bridgehead atoms. The van der Waals surface area contributed by atoms with Crippen LogP contribution in [0.25, 0.3) is 10.9 Å². The number of pyridine rings is 1. The van der Waals surface area contributed by atoms with Crippen LogP contribution in [-0.4, -0.2) is 26.5 Å². The number of hydrogen-bond donors (Lipinski definition) is 2. The van der Waals surface area contributed by atoms with Gasteiger partial charge in [-0.2, -0.15) is 26.3 Å². The molecule has 2 aromatic heterocycles. The van der Waals surface area contributed by atoms with Gasteiger partial charge in [0.25, 0.3) is 0 Å². The topological polar surface area (TPSA) is 98.2 Å². The number of amides is 1. The van der Waals surface area contributed by atoms with Crippen LogP contribution in [0.4, 0.5) is 30.7 Å². The molecule has 1 unspecified atom stereocenters. The molecular weight excluding hydrogens is 571 g/mol. The van der Waals surface area contributed by atoms with Gasteiger partial charge in [0.15, 0.2) is 11.2 Å². The lowest BCUT2D eigenvalue weighted by molar-refractivity contribution is -0.141. The van der Waals surface area contributed by atoms with Crippen molar-refractivity contribution in [2.24, 2.45) is 5.73 Å². The summed E-state index contributed by atoms with van der Waals surface area (Å²) in [6.45, 7) is 5.82. The molecule has 4 rings (SSSR count). The second kappa shape index (κ2) is 10.1. The number of carbonyl (C=O) groups is 2. The Morgan fingerprint density at radius 3 is 1.98 bits per heavy atom. The van der Waals surface area contributed by atoms with Crippen molar-refractivity contribution >= 4 is 22.8 Å². The van der Waals surface area contributed by atoms with E-state index in [-0.39, 0.29) is 10.8 Å². The Kier molecular flexibility index (Phi) is 7.37. The highest BCUT2D eigenvalue weighted by atomic mass is 19.4. The first-order chi connectivity index (χ1) is 19.3. The standard InChI is InChI=1S/C29H24F7N3O3/c1-26(2,3)17-6-4-15(5-7-17)14-27(25(37)42,18-8-9-20(30)19(13-18)28(31,32)33)39-11-10-16-12-21(29(34,35)36)38-22(23(16)39)24(40)41/h4-13H,14H2,1-3H3,(H2,37,42)(H,40,41). The number of nitrogens with zero attached hydrogens (tertiary/aromatic N) is 2. The van der Waals surface area contributed by atoms with E-state index in [0.717, 1.165) is 28.5 Å². The van der Waals surface area contributed by atoms with E-state index in [1.165, 1.54) is 0 Å². The Bertz CT molecular complexity index is 1680. The number of halogens is 7. The monoisotopic (exact) mass is 595 g/mol. The van der Waals surface area contributed by atoms with Gasteiger partial charge in [0.2, 0.25) is 5.91 Å². The minimum atomic E-state index is -5.19. The van der Waals surface area contributed by atoms with E-state index in [1.54, 1.807) is 24.3 Å². The zero-order chi connectivity index (χ0) is 31.4. The van der Waals surface area contributed by atoms with Crippen molar-refractivity contribution < 1.29 is 45.4 Å². The maximum absolute atomic E-state index is 14.3. The summed E-state index contributed by atoms with van der Waals surface area (Å²) < 4.78 is 97.1. The van der Waals surface area contributed by atoms with Crippen molar-refractivity contribution in [3.63, 3.8) is 0 Å². The van der Waals surface area contributed by atoms with Gasteiger partial charge in [-0.05, 0) is 46.4 Å². The average molecular weight is 596 g/mol. The van der Waals surface area contributed by atoms with Crippen molar-refractivity contribution in [3.8, 4) is 0 Å². The molecule has 3 N–H and O–H groups in total. The first-order valence-corrected chi connectivity index (χ1v) is 12.4. The summed E-state index contributed by atoms with van der Waals surface area (Å²) in [4.78, 5) is 28.8. The molecule has 0 aliphatic carbocycles. The summed E-state index contributed by atoms with van der Waals surface area (Å²) in [5.74, 6) is -4.82. The van der Waals surface area contributed by atoms with Crippen LogP contribution in [-0.2, 0) is 34.5 Å². The van der Waals surface area contributed by atoms with E-state index >= 15 is 0 Å². The minimum absolute atomic E-state index is 0.285. The summed E-state index contributed by atoms with van der Waals surface area (Å²) in [5.41, 5.74) is -0.893. The summed E-state index contributed by atoms with van der Waals surface area (Å²) in [6.07, 6.45) is -9.65.